The molecule has 0 fully saturated rings. The Hall–Kier alpha value is -4.57. The number of aryl methyl sites for hydroxylation is 1. The van der Waals surface area contributed by atoms with Crippen molar-refractivity contribution < 1.29 is 9.13 Å². The highest BCUT2D eigenvalue weighted by Gasteiger charge is 2.18. The van der Waals surface area contributed by atoms with Crippen molar-refractivity contribution in [3.05, 3.63) is 66.5 Å². The Morgan fingerprint density at radius 3 is 2.71 bits per heavy atom. The largest absolute Gasteiger partial charge is 0.492 e. The smallest absolute Gasteiger partial charge is 0.178 e. The van der Waals surface area contributed by atoms with E-state index in [0.29, 0.717) is 40.6 Å². The fourth-order valence-corrected chi connectivity index (χ4v) is 4.54. The van der Waals surface area contributed by atoms with E-state index >= 15 is 0 Å². The number of nitrogens with zero attached hydrogens (tertiary/aromatic N) is 6. The lowest BCUT2D eigenvalue weighted by atomic mass is 10.1. The zero-order chi connectivity index (χ0) is 26.4. The molecule has 0 radical (unpaired) electrons. The van der Waals surface area contributed by atoms with Crippen LogP contribution in [-0.2, 0) is 7.05 Å². The second-order valence-corrected chi connectivity index (χ2v) is 9.55. The molecule has 9 nitrogen and oxygen atoms in total. The summed E-state index contributed by atoms with van der Waals surface area (Å²) in [6, 6.07) is 12.7. The van der Waals surface area contributed by atoms with Crippen molar-refractivity contribution in [2.24, 2.45) is 7.05 Å². The first kappa shape index (κ1) is 23.8. The number of rotatable bonds is 7. The van der Waals surface area contributed by atoms with Crippen molar-refractivity contribution in [1.82, 2.24) is 39.6 Å². The Balaban J connectivity index is 1.41. The summed E-state index contributed by atoms with van der Waals surface area (Å²) in [5.74, 6) is 1.61. The van der Waals surface area contributed by atoms with Crippen LogP contribution in [0.2, 0.25) is 0 Å². The number of pyridine rings is 1. The van der Waals surface area contributed by atoms with Gasteiger partial charge in [-0.3, -0.25) is 5.10 Å². The molecule has 0 amide bonds. The van der Waals surface area contributed by atoms with Gasteiger partial charge in [-0.1, -0.05) is 6.07 Å². The van der Waals surface area contributed by atoms with Crippen molar-refractivity contribution in [2.45, 2.75) is 6.92 Å². The summed E-state index contributed by atoms with van der Waals surface area (Å²) in [5.41, 5.74) is 6.27. The van der Waals surface area contributed by atoms with Crippen LogP contribution in [-0.4, -0.2) is 66.8 Å². The molecule has 38 heavy (non-hydrogen) atoms. The molecule has 0 aliphatic carbocycles. The van der Waals surface area contributed by atoms with E-state index in [0.717, 1.165) is 40.1 Å². The van der Waals surface area contributed by atoms with E-state index in [1.54, 1.807) is 6.20 Å². The maximum atomic E-state index is 14.6. The zero-order valence-corrected chi connectivity index (χ0v) is 21.6. The number of aromatic amines is 2. The Kier molecular flexibility index (Phi) is 5.88. The van der Waals surface area contributed by atoms with E-state index in [9.17, 15) is 4.39 Å². The number of ether oxygens (including phenoxy) is 1. The maximum absolute atomic E-state index is 14.6. The number of H-pyrrole nitrogens is 2. The van der Waals surface area contributed by atoms with Crippen LogP contribution >= 0.6 is 0 Å². The molecule has 4 heterocycles. The predicted molar refractivity (Wildman–Crippen MR) is 145 cm³/mol. The van der Waals surface area contributed by atoms with E-state index in [1.165, 1.54) is 12.1 Å². The van der Waals surface area contributed by atoms with Crippen molar-refractivity contribution in [3.63, 3.8) is 0 Å². The molecule has 0 bridgehead atoms. The molecule has 0 aliphatic heterocycles. The standard InChI is InChI=1S/C28H27FN8O/c1-16-31-15-24(37(16)4)17-5-6-23-22(13-17)26(35-34-23)28-32-25-21(7-8-30-27(25)33-28)18-11-19(29)14-20(12-18)38-10-9-36(2)3/h5-8,11-15H,9-10H2,1-4H3,(H,34,35)(H,30,32,33). The Morgan fingerprint density at radius 1 is 1.05 bits per heavy atom. The summed E-state index contributed by atoms with van der Waals surface area (Å²) >= 11 is 0. The van der Waals surface area contributed by atoms with Gasteiger partial charge in [0.2, 0.25) is 0 Å². The number of halogens is 1. The summed E-state index contributed by atoms with van der Waals surface area (Å²) in [7, 11) is 5.93. The highest BCUT2D eigenvalue weighted by molar-refractivity contribution is 5.97. The van der Waals surface area contributed by atoms with Crippen LogP contribution < -0.4 is 4.74 Å². The van der Waals surface area contributed by atoms with Gasteiger partial charge < -0.3 is 19.2 Å². The Labute approximate surface area is 218 Å². The lowest BCUT2D eigenvalue weighted by Gasteiger charge is -2.12. The molecule has 0 unspecified atom stereocenters. The molecule has 0 atom stereocenters. The molecule has 192 valence electrons. The summed E-state index contributed by atoms with van der Waals surface area (Å²) in [5, 5.41) is 8.57. The van der Waals surface area contributed by atoms with E-state index < -0.39 is 0 Å². The van der Waals surface area contributed by atoms with Crippen LogP contribution in [0.3, 0.4) is 0 Å². The topological polar surface area (TPSA) is 101 Å². The second-order valence-electron chi connectivity index (χ2n) is 9.55. The van der Waals surface area contributed by atoms with Crippen LogP contribution in [0, 0.1) is 12.7 Å². The first-order valence-electron chi connectivity index (χ1n) is 12.3. The van der Waals surface area contributed by atoms with Gasteiger partial charge in [0, 0.05) is 42.4 Å². The van der Waals surface area contributed by atoms with Crippen LogP contribution in [0.15, 0.2) is 54.9 Å². The number of likely N-dealkylation sites (N-methyl/N-ethyl adjacent to an activating group) is 1. The lowest BCUT2D eigenvalue weighted by Crippen LogP contribution is -2.19. The highest BCUT2D eigenvalue weighted by atomic mass is 19.1. The third-order valence-corrected chi connectivity index (χ3v) is 6.68. The summed E-state index contributed by atoms with van der Waals surface area (Å²) in [6.45, 7) is 3.17. The SMILES string of the molecule is Cc1ncc(-c2ccc3[nH]nc(-c4nc5nccc(-c6cc(F)cc(OCCN(C)C)c6)c5[nH]4)c3c2)n1C. The van der Waals surface area contributed by atoms with E-state index in [2.05, 4.69) is 35.8 Å². The van der Waals surface area contributed by atoms with Gasteiger partial charge in [0.25, 0.3) is 0 Å². The molecule has 0 saturated heterocycles. The van der Waals surface area contributed by atoms with Gasteiger partial charge in [0.15, 0.2) is 11.5 Å². The van der Waals surface area contributed by atoms with Gasteiger partial charge in [0.1, 0.15) is 29.7 Å². The monoisotopic (exact) mass is 510 g/mol. The van der Waals surface area contributed by atoms with Crippen LogP contribution in [0.25, 0.3) is 56.0 Å². The van der Waals surface area contributed by atoms with Crippen molar-refractivity contribution in [3.8, 4) is 39.7 Å². The van der Waals surface area contributed by atoms with Gasteiger partial charge in [0.05, 0.1) is 22.9 Å². The quantitative estimate of drug-likeness (QED) is 0.315. The molecule has 10 heteroatoms. The molecule has 2 aromatic carbocycles. The molecule has 2 N–H and O–H groups in total. The van der Waals surface area contributed by atoms with Gasteiger partial charge in [-0.25, -0.2) is 19.3 Å². The molecule has 0 spiro atoms. The minimum atomic E-state index is -0.372. The van der Waals surface area contributed by atoms with Crippen molar-refractivity contribution in [1.29, 1.82) is 0 Å². The fourth-order valence-electron chi connectivity index (χ4n) is 4.54. The minimum absolute atomic E-state index is 0.372. The van der Waals surface area contributed by atoms with Gasteiger partial charge >= 0.3 is 0 Å². The van der Waals surface area contributed by atoms with Crippen LogP contribution in [0.5, 0.6) is 5.75 Å². The first-order valence-corrected chi connectivity index (χ1v) is 12.3. The summed E-state index contributed by atoms with van der Waals surface area (Å²) in [4.78, 5) is 19.0. The summed E-state index contributed by atoms with van der Waals surface area (Å²) < 4.78 is 22.4. The molecule has 0 saturated carbocycles. The van der Waals surface area contributed by atoms with Gasteiger partial charge in [-0.2, -0.15) is 5.10 Å². The number of fused-ring (bicyclic) bond motifs is 2. The van der Waals surface area contributed by atoms with Gasteiger partial charge in [-0.05, 0) is 56.9 Å². The normalized spacial score (nSPS) is 11.7. The van der Waals surface area contributed by atoms with E-state index in [1.807, 2.05) is 63.4 Å². The molecule has 0 aliphatic rings. The highest BCUT2D eigenvalue weighted by Crippen LogP contribution is 2.34. The Bertz CT molecular complexity index is 1780. The van der Waals surface area contributed by atoms with Crippen molar-refractivity contribution >= 4 is 22.1 Å². The van der Waals surface area contributed by atoms with Crippen molar-refractivity contribution in [2.75, 3.05) is 27.2 Å². The maximum Gasteiger partial charge on any atom is 0.178 e. The third kappa shape index (κ3) is 4.28. The minimum Gasteiger partial charge on any atom is -0.492 e. The zero-order valence-electron chi connectivity index (χ0n) is 21.6. The number of hydrogen-bond donors (Lipinski definition) is 2. The molecular formula is C28H27FN8O. The van der Waals surface area contributed by atoms with Crippen LogP contribution in [0.4, 0.5) is 4.39 Å². The van der Waals surface area contributed by atoms with Crippen LogP contribution in [0.1, 0.15) is 5.82 Å². The number of benzene rings is 2. The van der Waals surface area contributed by atoms with E-state index in [4.69, 9.17) is 9.72 Å². The summed E-state index contributed by atoms with van der Waals surface area (Å²) in [6.07, 6.45) is 3.54. The third-order valence-electron chi connectivity index (χ3n) is 6.68. The number of hydrogen-bond acceptors (Lipinski definition) is 6. The van der Waals surface area contributed by atoms with Gasteiger partial charge in [-0.15, -0.1) is 0 Å². The second kappa shape index (κ2) is 9.38. The average Bonchev–Trinajstić information content (AvgIpc) is 3.59. The Morgan fingerprint density at radius 2 is 1.92 bits per heavy atom. The predicted octanol–water partition coefficient (Wildman–Crippen LogP) is 4.96. The number of nitrogens with one attached hydrogen (secondary N) is 2. The fraction of sp³-hybridized carbons (Fsp3) is 0.214. The number of aromatic nitrogens is 7. The first-order chi connectivity index (χ1) is 18.4. The number of imidazole rings is 2. The average molecular weight is 511 g/mol. The molecule has 6 aromatic rings. The molecule has 6 rings (SSSR count). The van der Waals surface area contributed by atoms with E-state index in [-0.39, 0.29) is 5.82 Å². The molecule has 4 aromatic heterocycles. The lowest BCUT2D eigenvalue weighted by molar-refractivity contribution is 0.260. The molecular weight excluding hydrogens is 483 g/mol.